The van der Waals surface area contributed by atoms with Crippen LogP contribution in [0.5, 0.6) is 0 Å². The van der Waals surface area contributed by atoms with Gasteiger partial charge in [0.05, 0.1) is 0 Å². The monoisotopic (exact) mass is 254 g/mol. The fourth-order valence-corrected chi connectivity index (χ4v) is 3.16. The summed E-state index contributed by atoms with van der Waals surface area (Å²) in [6.45, 7) is 5.95. The molecule has 1 saturated heterocycles. The van der Waals surface area contributed by atoms with Crippen molar-refractivity contribution in [1.29, 1.82) is 0 Å². The van der Waals surface area contributed by atoms with E-state index in [-0.39, 0.29) is 0 Å². The van der Waals surface area contributed by atoms with Crippen LogP contribution in [-0.4, -0.2) is 36.7 Å². The third-order valence-corrected chi connectivity index (χ3v) is 4.80. The van der Waals surface area contributed by atoms with Crippen molar-refractivity contribution in [2.45, 2.75) is 77.7 Å². The van der Waals surface area contributed by atoms with E-state index in [1.807, 2.05) is 0 Å². The molecule has 0 aliphatic carbocycles. The number of hydrogen-bond donors (Lipinski definition) is 0. The molecule has 2 atom stereocenters. The molecule has 1 heterocycles. The molecule has 2 nitrogen and oxygen atoms in total. The molecule has 1 rings (SSSR count). The summed E-state index contributed by atoms with van der Waals surface area (Å²) < 4.78 is 0. The summed E-state index contributed by atoms with van der Waals surface area (Å²) in [5.74, 6) is 0.891. The highest BCUT2D eigenvalue weighted by molar-refractivity contribution is 4.74. The zero-order valence-corrected chi connectivity index (χ0v) is 13.1. The third-order valence-electron chi connectivity index (χ3n) is 4.80. The van der Waals surface area contributed by atoms with Crippen molar-refractivity contribution < 1.29 is 0 Å². The van der Waals surface area contributed by atoms with Gasteiger partial charge in [-0.05, 0) is 32.1 Å². The zero-order chi connectivity index (χ0) is 13.4. The van der Waals surface area contributed by atoms with Gasteiger partial charge in [-0.1, -0.05) is 45.4 Å². The first kappa shape index (κ1) is 16.0. The molecule has 0 spiro atoms. The summed E-state index contributed by atoms with van der Waals surface area (Å²) in [6, 6.07) is 0.699. The lowest BCUT2D eigenvalue weighted by atomic mass is 9.88. The molecule has 0 amide bonds. The maximum absolute atomic E-state index is 2.49. The molecule has 0 radical (unpaired) electrons. The van der Waals surface area contributed by atoms with E-state index in [4.69, 9.17) is 0 Å². The van der Waals surface area contributed by atoms with E-state index in [9.17, 15) is 0 Å². The number of hydrogen-bond acceptors (Lipinski definition) is 2. The molecule has 0 bridgehead atoms. The Morgan fingerprint density at radius 3 is 2.44 bits per heavy atom. The second kappa shape index (κ2) is 8.92. The Bertz CT molecular complexity index is 203. The van der Waals surface area contributed by atoms with E-state index in [0.29, 0.717) is 6.04 Å². The quantitative estimate of drug-likeness (QED) is 0.690. The van der Waals surface area contributed by atoms with Crippen LogP contribution in [0.3, 0.4) is 0 Å². The van der Waals surface area contributed by atoms with Crippen molar-refractivity contribution in [3.8, 4) is 0 Å². The van der Waals surface area contributed by atoms with E-state index < -0.39 is 0 Å². The molecule has 1 aliphatic rings. The minimum atomic E-state index is 0.699. The minimum Gasteiger partial charge on any atom is -0.245 e. The first-order valence-corrected chi connectivity index (χ1v) is 8.10. The van der Waals surface area contributed by atoms with Crippen LogP contribution in [0, 0.1) is 5.92 Å². The van der Waals surface area contributed by atoms with Crippen LogP contribution in [0.1, 0.15) is 71.6 Å². The molecule has 0 aromatic carbocycles. The second-order valence-corrected chi connectivity index (χ2v) is 6.15. The van der Waals surface area contributed by atoms with Gasteiger partial charge in [0.15, 0.2) is 0 Å². The fourth-order valence-electron chi connectivity index (χ4n) is 3.16. The lowest BCUT2D eigenvalue weighted by molar-refractivity contribution is -0.0352. The molecule has 108 valence electrons. The molecule has 0 saturated carbocycles. The lowest BCUT2D eigenvalue weighted by Crippen LogP contribution is -2.46. The van der Waals surface area contributed by atoms with Crippen molar-refractivity contribution in [2.24, 2.45) is 5.92 Å². The van der Waals surface area contributed by atoms with Gasteiger partial charge < -0.3 is 0 Å². The van der Waals surface area contributed by atoms with Crippen LogP contribution in [0.4, 0.5) is 0 Å². The Labute approximate surface area is 115 Å². The maximum Gasteiger partial charge on any atom is 0.0242 e. The molecule has 1 aliphatic heterocycles. The van der Waals surface area contributed by atoms with Gasteiger partial charge in [0, 0.05) is 26.7 Å². The zero-order valence-electron chi connectivity index (χ0n) is 13.1. The van der Waals surface area contributed by atoms with Crippen molar-refractivity contribution >= 4 is 0 Å². The van der Waals surface area contributed by atoms with E-state index in [1.165, 1.54) is 64.3 Å². The summed E-state index contributed by atoms with van der Waals surface area (Å²) in [6.07, 6.45) is 12.7. The van der Waals surface area contributed by atoms with Crippen LogP contribution in [0.2, 0.25) is 0 Å². The van der Waals surface area contributed by atoms with Gasteiger partial charge in [0.25, 0.3) is 0 Å². The summed E-state index contributed by atoms with van der Waals surface area (Å²) in [4.78, 5) is 0. The molecule has 0 aromatic rings. The average Bonchev–Trinajstić information content (AvgIpc) is 2.38. The Morgan fingerprint density at radius 2 is 1.72 bits per heavy atom. The first-order valence-electron chi connectivity index (χ1n) is 8.10. The van der Waals surface area contributed by atoms with Gasteiger partial charge in [0.1, 0.15) is 0 Å². The van der Waals surface area contributed by atoms with Crippen molar-refractivity contribution in [2.75, 3.05) is 20.6 Å². The number of unbranched alkanes of at least 4 members (excludes halogenated alkanes) is 2. The molecule has 18 heavy (non-hydrogen) atoms. The van der Waals surface area contributed by atoms with Crippen LogP contribution in [-0.2, 0) is 0 Å². The lowest BCUT2D eigenvalue weighted by Gasteiger charge is -2.39. The van der Waals surface area contributed by atoms with Gasteiger partial charge in [0.2, 0.25) is 0 Å². The molecule has 0 N–H and O–H groups in total. The standard InChI is InChI=1S/C16H34N2/c1-5-6-9-12-16-13-10-7-8-11-14-17(3)18(4)15(16)2/h15-16H,5-14H2,1-4H3. The van der Waals surface area contributed by atoms with Gasteiger partial charge in [-0.15, -0.1) is 0 Å². The summed E-state index contributed by atoms with van der Waals surface area (Å²) in [5, 5.41) is 4.92. The summed E-state index contributed by atoms with van der Waals surface area (Å²) in [5.41, 5.74) is 0. The van der Waals surface area contributed by atoms with E-state index >= 15 is 0 Å². The topological polar surface area (TPSA) is 6.48 Å². The third kappa shape index (κ3) is 5.27. The first-order chi connectivity index (χ1) is 8.66. The van der Waals surface area contributed by atoms with Gasteiger partial charge in [-0.3, -0.25) is 0 Å². The average molecular weight is 254 g/mol. The predicted molar refractivity (Wildman–Crippen MR) is 80.6 cm³/mol. The summed E-state index contributed by atoms with van der Waals surface area (Å²) >= 11 is 0. The predicted octanol–water partition coefficient (Wildman–Crippen LogP) is 4.31. The Balaban J connectivity index is 2.52. The Hall–Kier alpha value is -0.0800. The van der Waals surface area contributed by atoms with Crippen molar-refractivity contribution in [1.82, 2.24) is 10.0 Å². The Kier molecular flexibility index (Phi) is 7.92. The van der Waals surface area contributed by atoms with Crippen LogP contribution >= 0.6 is 0 Å². The van der Waals surface area contributed by atoms with E-state index in [0.717, 1.165) is 5.92 Å². The minimum absolute atomic E-state index is 0.699. The van der Waals surface area contributed by atoms with Gasteiger partial charge >= 0.3 is 0 Å². The molecular weight excluding hydrogens is 220 g/mol. The van der Waals surface area contributed by atoms with E-state index in [1.54, 1.807) is 0 Å². The van der Waals surface area contributed by atoms with Crippen LogP contribution < -0.4 is 0 Å². The fraction of sp³-hybridized carbons (Fsp3) is 1.00. The van der Waals surface area contributed by atoms with Crippen LogP contribution in [0.25, 0.3) is 0 Å². The largest absolute Gasteiger partial charge is 0.245 e. The smallest absolute Gasteiger partial charge is 0.0242 e. The highest BCUT2D eigenvalue weighted by Crippen LogP contribution is 2.25. The molecule has 2 heteroatoms. The van der Waals surface area contributed by atoms with E-state index in [2.05, 4.69) is 38.0 Å². The summed E-state index contributed by atoms with van der Waals surface area (Å²) in [7, 11) is 4.53. The molecule has 0 aromatic heterocycles. The normalized spacial score (nSPS) is 29.3. The highest BCUT2D eigenvalue weighted by atomic mass is 15.6. The second-order valence-electron chi connectivity index (χ2n) is 6.15. The van der Waals surface area contributed by atoms with Crippen LogP contribution in [0.15, 0.2) is 0 Å². The van der Waals surface area contributed by atoms with Crippen molar-refractivity contribution in [3.63, 3.8) is 0 Å². The van der Waals surface area contributed by atoms with Gasteiger partial charge in [-0.2, -0.15) is 0 Å². The molecule has 2 unspecified atom stereocenters. The van der Waals surface area contributed by atoms with Gasteiger partial charge in [-0.25, -0.2) is 10.0 Å². The maximum atomic E-state index is 2.49. The number of rotatable bonds is 4. The Morgan fingerprint density at radius 1 is 1.00 bits per heavy atom. The van der Waals surface area contributed by atoms with Crippen molar-refractivity contribution in [3.05, 3.63) is 0 Å². The molecule has 1 fully saturated rings. The number of hydrazine groups is 1. The SMILES string of the molecule is CCCCCC1CCCCCCN(C)N(C)C1C. The number of nitrogens with zero attached hydrogens (tertiary/aromatic N) is 2. The molecular formula is C16H34N2. The highest BCUT2D eigenvalue weighted by Gasteiger charge is 2.23.